The zero-order valence-electron chi connectivity index (χ0n) is 17.5. The highest BCUT2D eigenvalue weighted by Gasteiger charge is 2.15. The number of carbonyl (C=O) groups is 2. The van der Waals surface area contributed by atoms with Crippen LogP contribution < -0.4 is 5.32 Å². The van der Waals surface area contributed by atoms with Crippen molar-refractivity contribution in [1.82, 2.24) is 9.78 Å². The normalized spacial score (nSPS) is 10.7. The molecule has 0 atom stereocenters. The van der Waals surface area contributed by atoms with Gasteiger partial charge in [-0.1, -0.05) is 17.7 Å². The second-order valence-corrected chi connectivity index (χ2v) is 7.51. The number of rotatable bonds is 6. The third-order valence-electron chi connectivity index (χ3n) is 5.05. The number of methoxy groups -OCH3 is 1. The summed E-state index contributed by atoms with van der Waals surface area (Å²) in [6.07, 6.45) is 0.885. The van der Waals surface area contributed by atoms with Crippen molar-refractivity contribution in [2.75, 3.05) is 12.4 Å². The van der Waals surface area contributed by atoms with Gasteiger partial charge in [0, 0.05) is 28.4 Å². The van der Waals surface area contributed by atoms with Crippen molar-refractivity contribution < 1.29 is 14.3 Å². The van der Waals surface area contributed by atoms with Gasteiger partial charge in [0.05, 0.1) is 18.5 Å². The van der Waals surface area contributed by atoms with E-state index in [1.165, 1.54) is 7.11 Å². The highest BCUT2D eigenvalue weighted by molar-refractivity contribution is 6.31. The molecule has 0 aliphatic rings. The molecule has 0 bridgehead atoms. The van der Waals surface area contributed by atoms with Gasteiger partial charge in [-0.3, -0.25) is 9.59 Å². The molecule has 1 amide bonds. The van der Waals surface area contributed by atoms with Crippen LogP contribution in [-0.2, 0) is 16.0 Å². The molecule has 3 aromatic rings. The molecular weight excluding hydrogens is 402 g/mol. The van der Waals surface area contributed by atoms with Crippen LogP contribution in [0.2, 0.25) is 5.02 Å². The van der Waals surface area contributed by atoms with Crippen LogP contribution in [0.5, 0.6) is 0 Å². The Hall–Kier alpha value is -3.12. The summed E-state index contributed by atoms with van der Waals surface area (Å²) in [6, 6.07) is 12.6. The number of aryl methyl sites for hydroxylation is 2. The van der Waals surface area contributed by atoms with E-state index in [1.54, 1.807) is 18.2 Å². The molecule has 0 aliphatic heterocycles. The van der Waals surface area contributed by atoms with E-state index in [0.29, 0.717) is 29.1 Å². The van der Waals surface area contributed by atoms with E-state index in [0.717, 1.165) is 28.2 Å². The highest BCUT2D eigenvalue weighted by atomic mass is 35.5. The predicted molar refractivity (Wildman–Crippen MR) is 118 cm³/mol. The summed E-state index contributed by atoms with van der Waals surface area (Å²) < 4.78 is 6.55. The summed E-state index contributed by atoms with van der Waals surface area (Å²) in [6.45, 7) is 5.80. The van der Waals surface area contributed by atoms with Gasteiger partial charge in [-0.15, -0.1) is 0 Å². The van der Waals surface area contributed by atoms with Crippen molar-refractivity contribution in [2.45, 2.75) is 33.6 Å². The van der Waals surface area contributed by atoms with E-state index in [9.17, 15) is 9.59 Å². The lowest BCUT2D eigenvalue weighted by atomic mass is 10.1. The van der Waals surface area contributed by atoms with E-state index in [4.69, 9.17) is 16.3 Å². The van der Waals surface area contributed by atoms with E-state index in [1.807, 2.05) is 49.7 Å². The van der Waals surface area contributed by atoms with Crippen molar-refractivity contribution in [3.8, 4) is 5.69 Å². The topological polar surface area (TPSA) is 73.2 Å². The van der Waals surface area contributed by atoms with Crippen LogP contribution in [0.3, 0.4) is 0 Å². The van der Waals surface area contributed by atoms with Gasteiger partial charge in [0.25, 0.3) is 5.91 Å². The van der Waals surface area contributed by atoms with Crippen molar-refractivity contribution in [3.05, 3.63) is 75.6 Å². The Labute approximate surface area is 180 Å². The third kappa shape index (κ3) is 4.71. The SMILES string of the molecule is COC(=O)CCc1c(C)nn(-c2ccc(C(=O)Nc3ccc(C)c(Cl)c3)cc2)c1C. The Balaban J connectivity index is 1.76. The fourth-order valence-corrected chi connectivity index (χ4v) is 3.43. The number of hydrogen-bond donors (Lipinski definition) is 1. The number of anilines is 1. The molecule has 2 aromatic carbocycles. The van der Waals surface area contributed by atoms with Crippen LogP contribution in [0.4, 0.5) is 5.69 Å². The molecule has 0 unspecified atom stereocenters. The maximum absolute atomic E-state index is 12.5. The standard InChI is InChI=1S/C23H24ClN3O3/c1-14-5-8-18(13-21(14)24)25-23(29)17-6-9-19(10-7-17)27-16(3)20(15(2)26-27)11-12-22(28)30-4/h5-10,13H,11-12H2,1-4H3,(H,25,29). The molecular formula is C23H24ClN3O3. The van der Waals surface area contributed by atoms with Gasteiger partial charge in [-0.2, -0.15) is 5.10 Å². The molecule has 0 fully saturated rings. The van der Waals surface area contributed by atoms with Gasteiger partial charge < -0.3 is 10.1 Å². The summed E-state index contributed by atoms with van der Waals surface area (Å²) in [5.41, 5.74) is 5.83. The molecule has 156 valence electrons. The Kier molecular flexibility index (Phi) is 6.57. The summed E-state index contributed by atoms with van der Waals surface area (Å²) in [7, 11) is 1.39. The molecule has 6 nitrogen and oxygen atoms in total. The highest BCUT2D eigenvalue weighted by Crippen LogP contribution is 2.22. The Morgan fingerprint density at radius 3 is 2.43 bits per heavy atom. The average Bonchev–Trinajstić information content (AvgIpc) is 3.02. The maximum Gasteiger partial charge on any atom is 0.305 e. The smallest absolute Gasteiger partial charge is 0.305 e. The van der Waals surface area contributed by atoms with Gasteiger partial charge in [0.2, 0.25) is 0 Å². The Bertz CT molecular complexity index is 1090. The van der Waals surface area contributed by atoms with Crippen LogP contribution in [-0.4, -0.2) is 28.8 Å². The Morgan fingerprint density at radius 1 is 1.10 bits per heavy atom. The number of aromatic nitrogens is 2. The molecule has 7 heteroatoms. The number of nitrogens with zero attached hydrogens (tertiary/aromatic N) is 2. The van der Waals surface area contributed by atoms with Crippen LogP contribution in [0, 0.1) is 20.8 Å². The number of hydrogen-bond acceptors (Lipinski definition) is 4. The first kappa shape index (κ1) is 21.6. The fraction of sp³-hybridized carbons (Fsp3) is 0.261. The molecule has 1 heterocycles. The maximum atomic E-state index is 12.5. The monoisotopic (exact) mass is 425 g/mol. The second kappa shape index (κ2) is 9.13. The van der Waals surface area contributed by atoms with Crippen LogP contribution in [0.15, 0.2) is 42.5 Å². The number of esters is 1. The van der Waals surface area contributed by atoms with Gasteiger partial charge in [-0.25, -0.2) is 4.68 Å². The van der Waals surface area contributed by atoms with E-state index >= 15 is 0 Å². The predicted octanol–water partition coefficient (Wildman–Crippen LogP) is 4.81. The van der Waals surface area contributed by atoms with Crippen molar-refractivity contribution in [3.63, 3.8) is 0 Å². The molecule has 0 aliphatic carbocycles. The molecule has 0 spiro atoms. The van der Waals surface area contributed by atoms with Gasteiger partial charge >= 0.3 is 5.97 Å². The largest absolute Gasteiger partial charge is 0.469 e. The number of halogens is 1. The zero-order chi connectivity index (χ0) is 21.8. The van der Waals surface area contributed by atoms with Gasteiger partial charge in [0.1, 0.15) is 0 Å². The van der Waals surface area contributed by atoms with Crippen molar-refractivity contribution >= 4 is 29.2 Å². The number of amides is 1. The molecule has 1 aromatic heterocycles. The summed E-state index contributed by atoms with van der Waals surface area (Å²) in [5, 5.41) is 8.05. The summed E-state index contributed by atoms with van der Waals surface area (Å²) in [5.74, 6) is -0.458. The minimum Gasteiger partial charge on any atom is -0.469 e. The minimum absolute atomic E-state index is 0.214. The van der Waals surface area contributed by atoms with Crippen molar-refractivity contribution in [2.24, 2.45) is 0 Å². The fourth-order valence-electron chi connectivity index (χ4n) is 3.25. The Morgan fingerprint density at radius 2 is 1.80 bits per heavy atom. The zero-order valence-corrected chi connectivity index (χ0v) is 18.2. The molecule has 0 radical (unpaired) electrons. The van der Waals surface area contributed by atoms with Crippen LogP contribution in [0.25, 0.3) is 5.69 Å². The molecule has 0 saturated heterocycles. The molecule has 1 N–H and O–H groups in total. The van der Waals surface area contributed by atoms with E-state index in [-0.39, 0.29) is 11.9 Å². The van der Waals surface area contributed by atoms with E-state index < -0.39 is 0 Å². The lowest BCUT2D eigenvalue weighted by Crippen LogP contribution is -2.12. The first-order chi connectivity index (χ1) is 14.3. The summed E-state index contributed by atoms with van der Waals surface area (Å²) in [4.78, 5) is 24.0. The number of nitrogens with one attached hydrogen (secondary N) is 1. The van der Waals surface area contributed by atoms with Gasteiger partial charge in [-0.05, 0) is 74.7 Å². The number of carbonyl (C=O) groups excluding carboxylic acids is 2. The van der Waals surface area contributed by atoms with Crippen LogP contribution >= 0.6 is 11.6 Å². The molecule has 3 rings (SSSR count). The first-order valence-corrected chi connectivity index (χ1v) is 9.97. The molecule has 30 heavy (non-hydrogen) atoms. The number of ether oxygens (including phenoxy) is 1. The van der Waals surface area contributed by atoms with E-state index in [2.05, 4.69) is 10.4 Å². The lowest BCUT2D eigenvalue weighted by molar-refractivity contribution is -0.140. The minimum atomic E-state index is -0.244. The third-order valence-corrected chi connectivity index (χ3v) is 5.46. The second-order valence-electron chi connectivity index (χ2n) is 7.10. The van der Waals surface area contributed by atoms with Gasteiger partial charge in [0.15, 0.2) is 0 Å². The van der Waals surface area contributed by atoms with Crippen molar-refractivity contribution in [1.29, 1.82) is 0 Å². The quantitative estimate of drug-likeness (QED) is 0.575. The average molecular weight is 426 g/mol. The number of benzene rings is 2. The lowest BCUT2D eigenvalue weighted by Gasteiger charge is -2.09. The van der Waals surface area contributed by atoms with Crippen LogP contribution in [0.1, 0.15) is 39.3 Å². The first-order valence-electron chi connectivity index (χ1n) is 9.60. The molecule has 0 saturated carbocycles. The summed E-state index contributed by atoms with van der Waals surface area (Å²) >= 11 is 6.12.